The van der Waals surface area contributed by atoms with Crippen LogP contribution in [0.25, 0.3) is 0 Å². The zero-order valence-electron chi connectivity index (χ0n) is 8.52. The van der Waals surface area contributed by atoms with Crippen molar-refractivity contribution >= 4 is 27.6 Å². The molecule has 0 amide bonds. The quantitative estimate of drug-likeness (QED) is 0.485. The maximum atomic E-state index is 10.7. The van der Waals surface area contributed by atoms with Crippen LogP contribution >= 0.6 is 15.9 Å². The highest BCUT2D eigenvalue weighted by molar-refractivity contribution is 9.10. The first-order valence-corrected chi connectivity index (χ1v) is 5.00. The summed E-state index contributed by atoms with van der Waals surface area (Å²) in [6.45, 7) is 2.75. The lowest BCUT2D eigenvalue weighted by molar-refractivity contribution is -0.388. The predicted octanol–water partition coefficient (Wildman–Crippen LogP) is 2.52. The van der Waals surface area contributed by atoms with Crippen molar-refractivity contribution in [3.8, 4) is 5.75 Å². The summed E-state index contributed by atoms with van der Waals surface area (Å²) in [4.78, 5) is 29.6. The van der Waals surface area contributed by atoms with E-state index in [1.807, 2.05) is 0 Å². The van der Waals surface area contributed by atoms with Crippen LogP contribution in [0.3, 0.4) is 0 Å². The number of nitro groups is 1. The normalized spacial score (nSPS) is 9.69. The SMILES string of the molecule is CC(=O)OOc1c(C)cc(Br)cc1[N+](=O)[O-]. The van der Waals surface area contributed by atoms with Crippen LogP contribution in [-0.4, -0.2) is 10.9 Å². The van der Waals surface area contributed by atoms with Crippen LogP contribution < -0.4 is 4.89 Å². The Kier molecular flexibility index (Phi) is 3.83. The summed E-state index contributed by atoms with van der Waals surface area (Å²) in [5, 5.41) is 10.7. The molecule has 1 rings (SSSR count). The van der Waals surface area contributed by atoms with E-state index in [-0.39, 0.29) is 11.4 Å². The highest BCUT2D eigenvalue weighted by Gasteiger charge is 2.20. The molecule has 0 saturated heterocycles. The molecule has 0 N–H and O–H groups in total. The second-order valence-corrected chi connectivity index (χ2v) is 3.90. The fraction of sp³-hybridized carbons (Fsp3) is 0.222. The second-order valence-electron chi connectivity index (χ2n) is 2.99. The van der Waals surface area contributed by atoms with Gasteiger partial charge in [0.15, 0.2) is 0 Å². The number of hydrogen-bond acceptors (Lipinski definition) is 5. The molecule has 0 radical (unpaired) electrons. The Bertz CT molecular complexity index is 446. The number of hydrogen-bond donors (Lipinski definition) is 0. The Morgan fingerprint density at radius 2 is 2.12 bits per heavy atom. The van der Waals surface area contributed by atoms with E-state index < -0.39 is 10.9 Å². The minimum absolute atomic E-state index is 0.0802. The second kappa shape index (κ2) is 4.93. The molecule has 86 valence electrons. The molecule has 1 aromatic carbocycles. The van der Waals surface area contributed by atoms with Crippen molar-refractivity contribution in [1.29, 1.82) is 0 Å². The van der Waals surface area contributed by atoms with Crippen LogP contribution in [0.15, 0.2) is 16.6 Å². The molecule has 0 aliphatic rings. The molecule has 0 aliphatic carbocycles. The Labute approximate surface area is 99.4 Å². The molecule has 0 bridgehead atoms. The van der Waals surface area contributed by atoms with Gasteiger partial charge in [-0.1, -0.05) is 15.9 Å². The first-order chi connectivity index (χ1) is 7.41. The van der Waals surface area contributed by atoms with E-state index in [4.69, 9.17) is 0 Å². The van der Waals surface area contributed by atoms with Gasteiger partial charge in [-0.05, 0) is 13.0 Å². The van der Waals surface area contributed by atoms with E-state index in [0.29, 0.717) is 10.0 Å². The summed E-state index contributed by atoms with van der Waals surface area (Å²) >= 11 is 3.13. The zero-order chi connectivity index (χ0) is 12.3. The molecule has 0 saturated carbocycles. The summed E-state index contributed by atoms with van der Waals surface area (Å²) in [5.41, 5.74) is 0.218. The van der Waals surface area contributed by atoms with Crippen molar-refractivity contribution in [3.05, 3.63) is 32.3 Å². The number of nitrogens with zero attached hydrogens (tertiary/aromatic N) is 1. The number of benzene rings is 1. The van der Waals surface area contributed by atoms with Crippen molar-refractivity contribution in [1.82, 2.24) is 0 Å². The van der Waals surface area contributed by atoms with Gasteiger partial charge < -0.3 is 0 Å². The van der Waals surface area contributed by atoms with Gasteiger partial charge in [0, 0.05) is 23.0 Å². The third-order valence-corrected chi connectivity index (χ3v) is 2.12. The maximum absolute atomic E-state index is 10.7. The lowest BCUT2D eigenvalue weighted by Gasteiger charge is -2.06. The molecular weight excluding hydrogens is 282 g/mol. The van der Waals surface area contributed by atoms with Gasteiger partial charge in [0.2, 0.25) is 0 Å². The highest BCUT2D eigenvalue weighted by atomic mass is 79.9. The number of carbonyl (C=O) groups excluding carboxylic acids is 1. The van der Waals surface area contributed by atoms with Gasteiger partial charge in [0.1, 0.15) is 0 Å². The van der Waals surface area contributed by atoms with Crippen molar-refractivity contribution in [3.63, 3.8) is 0 Å². The molecule has 0 fully saturated rings. The lowest BCUT2D eigenvalue weighted by atomic mass is 10.2. The molecule has 0 spiro atoms. The molecular formula is C9H8BrNO5. The molecule has 16 heavy (non-hydrogen) atoms. The van der Waals surface area contributed by atoms with Crippen molar-refractivity contribution < 1.29 is 19.5 Å². The first kappa shape index (κ1) is 12.4. The van der Waals surface area contributed by atoms with Gasteiger partial charge in [-0.15, -0.1) is 0 Å². The van der Waals surface area contributed by atoms with E-state index in [9.17, 15) is 14.9 Å². The summed E-state index contributed by atoms with van der Waals surface area (Å²) in [6.07, 6.45) is 0. The third kappa shape index (κ3) is 2.93. The maximum Gasteiger partial charge on any atom is 0.352 e. The largest absolute Gasteiger partial charge is 0.352 e. The van der Waals surface area contributed by atoms with Gasteiger partial charge in [0.25, 0.3) is 5.75 Å². The summed E-state index contributed by atoms with van der Waals surface area (Å²) in [6, 6.07) is 2.89. The highest BCUT2D eigenvalue weighted by Crippen LogP contribution is 2.34. The van der Waals surface area contributed by atoms with Crippen LogP contribution in [0.5, 0.6) is 5.75 Å². The zero-order valence-corrected chi connectivity index (χ0v) is 10.1. The van der Waals surface area contributed by atoms with E-state index >= 15 is 0 Å². The first-order valence-electron chi connectivity index (χ1n) is 4.21. The van der Waals surface area contributed by atoms with E-state index in [0.717, 1.165) is 6.92 Å². The van der Waals surface area contributed by atoms with Gasteiger partial charge in [0.05, 0.1) is 4.92 Å². The Morgan fingerprint density at radius 3 is 2.62 bits per heavy atom. The van der Waals surface area contributed by atoms with Crippen LogP contribution in [0.1, 0.15) is 12.5 Å². The fourth-order valence-corrected chi connectivity index (χ4v) is 1.62. The number of rotatable bonds is 3. The molecule has 0 heterocycles. The Balaban J connectivity index is 3.14. The molecule has 0 aliphatic heterocycles. The lowest BCUT2D eigenvalue weighted by Crippen LogP contribution is -2.06. The van der Waals surface area contributed by atoms with Crippen LogP contribution in [-0.2, 0) is 9.68 Å². The van der Waals surface area contributed by atoms with Gasteiger partial charge >= 0.3 is 11.7 Å². The van der Waals surface area contributed by atoms with E-state index in [1.165, 1.54) is 6.07 Å². The summed E-state index contributed by atoms with van der Waals surface area (Å²) in [7, 11) is 0. The Morgan fingerprint density at radius 1 is 1.50 bits per heavy atom. The van der Waals surface area contributed by atoms with Crippen molar-refractivity contribution in [2.45, 2.75) is 13.8 Å². The number of aryl methyl sites for hydroxylation is 1. The van der Waals surface area contributed by atoms with Crippen molar-refractivity contribution in [2.75, 3.05) is 0 Å². The molecule has 0 unspecified atom stereocenters. The number of halogens is 1. The van der Waals surface area contributed by atoms with E-state index in [2.05, 4.69) is 25.7 Å². The molecule has 0 atom stereocenters. The summed E-state index contributed by atoms with van der Waals surface area (Å²) < 4.78 is 0.548. The van der Waals surface area contributed by atoms with E-state index in [1.54, 1.807) is 13.0 Å². The number of nitro benzene ring substituents is 1. The Hall–Kier alpha value is -1.63. The van der Waals surface area contributed by atoms with Crippen LogP contribution in [0.2, 0.25) is 0 Å². The molecule has 0 aromatic heterocycles. The smallest absolute Gasteiger partial charge is 0.279 e. The minimum Gasteiger partial charge on any atom is -0.279 e. The van der Waals surface area contributed by atoms with Gasteiger partial charge in [-0.25, -0.2) is 4.79 Å². The number of carbonyl (C=O) groups is 1. The average Bonchev–Trinajstić information content (AvgIpc) is 2.14. The molecule has 6 nitrogen and oxygen atoms in total. The average molecular weight is 290 g/mol. The predicted molar refractivity (Wildman–Crippen MR) is 57.9 cm³/mol. The summed E-state index contributed by atoms with van der Waals surface area (Å²) in [5.74, 6) is -0.764. The topological polar surface area (TPSA) is 78.7 Å². The van der Waals surface area contributed by atoms with Gasteiger partial charge in [-0.3, -0.25) is 19.9 Å². The van der Waals surface area contributed by atoms with Crippen LogP contribution in [0, 0.1) is 17.0 Å². The third-order valence-electron chi connectivity index (χ3n) is 1.66. The molecule has 7 heteroatoms. The fourth-order valence-electron chi connectivity index (χ4n) is 1.06. The van der Waals surface area contributed by atoms with Crippen molar-refractivity contribution in [2.24, 2.45) is 0 Å². The molecule has 1 aromatic rings. The standard InChI is InChI=1S/C9H8BrNO5/c1-5-3-7(10)4-8(11(13)14)9(5)16-15-6(2)12/h3-4H,1-2H3. The van der Waals surface area contributed by atoms with Gasteiger partial charge in [-0.2, -0.15) is 0 Å². The monoisotopic (exact) mass is 289 g/mol. The van der Waals surface area contributed by atoms with Crippen LogP contribution in [0.4, 0.5) is 5.69 Å². The minimum atomic E-state index is -0.684.